The minimum absolute atomic E-state index is 0.486. The topological polar surface area (TPSA) is 51.6 Å². The highest BCUT2D eigenvalue weighted by Gasteiger charge is 2.06. The molecule has 2 heterocycles. The van der Waals surface area contributed by atoms with Gasteiger partial charge in [0.2, 0.25) is 0 Å². The van der Waals surface area contributed by atoms with Crippen LogP contribution in [-0.4, -0.2) is 19.3 Å². The minimum Gasteiger partial charge on any atom is -0.237 e. The summed E-state index contributed by atoms with van der Waals surface area (Å²) < 4.78 is 5.17. The van der Waals surface area contributed by atoms with Crippen LogP contribution in [0.3, 0.4) is 0 Å². The summed E-state index contributed by atoms with van der Waals surface area (Å²) in [6.07, 6.45) is 0.865. The normalized spacial score (nSPS) is 10.8. The van der Waals surface area contributed by atoms with Crippen LogP contribution in [0, 0.1) is 6.92 Å². The fourth-order valence-electron chi connectivity index (χ4n) is 1.22. The second-order valence-corrected chi connectivity index (χ2v) is 5.73. The molecule has 17 heavy (non-hydrogen) atoms. The first-order valence-electron chi connectivity index (χ1n) is 5.13. The summed E-state index contributed by atoms with van der Waals surface area (Å²) in [4.78, 5) is 12.9. The zero-order chi connectivity index (χ0) is 12.3. The molecule has 2 aromatic heterocycles. The maximum atomic E-state index is 5.87. The number of aromatic nitrogens is 4. The van der Waals surface area contributed by atoms with E-state index in [9.17, 15) is 0 Å². The highest BCUT2D eigenvalue weighted by atomic mass is 35.5. The first-order valence-corrected chi connectivity index (χ1v) is 7.26. The average molecular weight is 287 g/mol. The van der Waals surface area contributed by atoms with Gasteiger partial charge in [0.15, 0.2) is 4.34 Å². The van der Waals surface area contributed by atoms with Crippen molar-refractivity contribution < 1.29 is 0 Å². The molecule has 4 nitrogen and oxygen atoms in total. The molecule has 0 N–H and O–H groups in total. The minimum atomic E-state index is 0.486. The van der Waals surface area contributed by atoms with E-state index in [1.54, 1.807) is 17.8 Å². The zero-order valence-corrected chi connectivity index (χ0v) is 11.9. The lowest BCUT2D eigenvalue weighted by Gasteiger charge is -1.99. The predicted molar refractivity (Wildman–Crippen MR) is 70.6 cm³/mol. The fourth-order valence-corrected chi connectivity index (χ4v) is 3.03. The molecule has 7 heteroatoms. The van der Waals surface area contributed by atoms with Crippen molar-refractivity contribution in [3.05, 3.63) is 28.6 Å². The third-order valence-corrected chi connectivity index (χ3v) is 4.02. The predicted octanol–water partition coefficient (Wildman–Crippen LogP) is 3.14. The summed E-state index contributed by atoms with van der Waals surface area (Å²) in [6, 6.07) is 1.75. The van der Waals surface area contributed by atoms with Crippen LogP contribution in [0.15, 0.2) is 10.4 Å². The van der Waals surface area contributed by atoms with Crippen LogP contribution in [0.1, 0.15) is 24.3 Å². The summed E-state index contributed by atoms with van der Waals surface area (Å²) in [7, 11) is 0. The van der Waals surface area contributed by atoms with Gasteiger partial charge in [0, 0.05) is 12.1 Å². The van der Waals surface area contributed by atoms with Crippen molar-refractivity contribution in [3.63, 3.8) is 0 Å². The van der Waals surface area contributed by atoms with Crippen LogP contribution in [0.25, 0.3) is 0 Å². The van der Waals surface area contributed by atoms with Crippen molar-refractivity contribution in [1.82, 2.24) is 19.3 Å². The summed E-state index contributed by atoms with van der Waals surface area (Å²) in [5.74, 6) is 2.29. The van der Waals surface area contributed by atoms with Gasteiger partial charge in [-0.2, -0.15) is 4.37 Å². The van der Waals surface area contributed by atoms with Crippen molar-refractivity contribution >= 4 is 34.9 Å². The molecule has 0 atom stereocenters. The highest BCUT2D eigenvalue weighted by Crippen LogP contribution is 2.23. The first kappa shape index (κ1) is 12.7. The Hall–Kier alpha value is -0.720. The molecule has 0 unspecified atom stereocenters. The molecular formula is C10H11ClN4S2. The third kappa shape index (κ3) is 3.62. The summed E-state index contributed by atoms with van der Waals surface area (Å²) in [5, 5.41) is 0.486. The Balaban J connectivity index is 2.01. The van der Waals surface area contributed by atoms with E-state index in [0.717, 1.165) is 28.1 Å². The number of thioether (sulfide) groups is 1. The van der Waals surface area contributed by atoms with Gasteiger partial charge in [0.1, 0.15) is 16.8 Å². The lowest BCUT2D eigenvalue weighted by molar-refractivity contribution is 0.967. The number of halogens is 1. The van der Waals surface area contributed by atoms with E-state index in [1.807, 2.05) is 13.8 Å². The van der Waals surface area contributed by atoms with E-state index in [1.165, 1.54) is 11.5 Å². The van der Waals surface area contributed by atoms with Gasteiger partial charge in [-0.25, -0.2) is 15.0 Å². The Kier molecular flexibility index (Phi) is 4.31. The molecule has 90 valence electrons. The van der Waals surface area contributed by atoms with Crippen LogP contribution >= 0.6 is 34.9 Å². The molecule has 0 saturated heterocycles. The molecule has 0 bridgehead atoms. The fraction of sp³-hybridized carbons (Fsp3) is 0.400. The van der Waals surface area contributed by atoms with E-state index in [2.05, 4.69) is 19.3 Å². The van der Waals surface area contributed by atoms with Crippen molar-refractivity contribution in [2.75, 3.05) is 0 Å². The van der Waals surface area contributed by atoms with E-state index in [-0.39, 0.29) is 0 Å². The lowest BCUT2D eigenvalue weighted by Crippen LogP contribution is -1.95. The monoisotopic (exact) mass is 286 g/mol. The van der Waals surface area contributed by atoms with Gasteiger partial charge in [0.05, 0.1) is 5.75 Å². The molecule has 0 spiro atoms. The van der Waals surface area contributed by atoms with Gasteiger partial charge < -0.3 is 0 Å². The van der Waals surface area contributed by atoms with Crippen LogP contribution in [0.2, 0.25) is 5.15 Å². The average Bonchev–Trinajstić information content (AvgIpc) is 2.73. The third-order valence-electron chi connectivity index (χ3n) is 1.96. The van der Waals surface area contributed by atoms with Crippen LogP contribution in [0.5, 0.6) is 0 Å². The van der Waals surface area contributed by atoms with Crippen molar-refractivity contribution in [3.8, 4) is 0 Å². The van der Waals surface area contributed by atoms with Crippen LogP contribution in [-0.2, 0) is 12.2 Å². The maximum Gasteiger partial charge on any atom is 0.170 e. The van der Waals surface area contributed by atoms with E-state index in [0.29, 0.717) is 10.9 Å². The molecule has 0 aliphatic rings. The second kappa shape index (κ2) is 5.75. The molecule has 0 aliphatic carbocycles. The lowest BCUT2D eigenvalue weighted by atomic mass is 10.4. The van der Waals surface area contributed by atoms with Gasteiger partial charge >= 0.3 is 0 Å². The van der Waals surface area contributed by atoms with E-state index < -0.39 is 0 Å². The van der Waals surface area contributed by atoms with Gasteiger partial charge in [-0.05, 0) is 24.5 Å². The van der Waals surface area contributed by atoms with Crippen LogP contribution < -0.4 is 0 Å². The van der Waals surface area contributed by atoms with Crippen LogP contribution in [0.4, 0.5) is 0 Å². The summed E-state index contributed by atoms with van der Waals surface area (Å²) in [5.41, 5.74) is 0.882. The Morgan fingerprint density at radius 3 is 2.76 bits per heavy atom. The number of rotatable bonds is 4. The first-order chi connectivity index (χ1) is 8.17. The maximum absolute atomic E-state index is 5.87. The largest absolute Gasteiger partial charge is 0.237 e. The standard InChI is InChI=1S/C10H11ClN4S2/c1-3-8-14-10(17-15-8)16-5-9-12-6(2)4-7(11)13-9/h4H,3,5H2,1-2H3. The Labute approximate surface area is 113 Å². The molecule has 2 rings (SSSR count). The number of aryl methyl sites for hydroxylation is 2. The molecule has 2 aromatic rings. The molecule has 0 radical (unpaired) electrons. The Morgan fingerprint density at radius 2 is 2.12 bits per heavy atom. The van der Waals surface area contributed by atoms with Crippen molar-refractivity contribution in [1.29, 1.82) is 0 Å². The van der Waals surface area contributed by atoms with E-state index >= 15 is 0 Å². The summed E-state index contributed by atoms with van der Waals surface area (Å²) >= 11 is 8.88. The Morgan fingerprint density at radius 1 is 1.29 bits per heavy atom. The van der Waals surface area contributed by atoms with E-state index in [4.69, 9.17) is 11.6 Å². The SMILES string of the molecule is CCc1nsc(SCc2nc(C)cc(Cl)n2)n1. The second-order valence-electron chi connectivity index (χ2n) is 3.37. The highest BCUT2D eigenvalue weighted by molar-refractivity contribution is 8.00. The zero-order valence-electron chi connectivity index (χ0n) is 9.47. The number of hydrogen-bond acceptors (Lipinski definition) is 6. The molecule has 0 fully saturated rings. The number of nitrogens with zero attached hydrogens (tertiary/aromatic N) is 4. The van der Waals surface area contributed by atoms with Gasteiger partial charge in [-0.15, -0.1) is 0 Å². The molecule has 0 aliphatic heterocycles. The molecule has 0 amide bonds. The quantitative estimate of drug-likeness (QED) is 0.638. The van der Waals surface area contributed by atoms with Gasteiger partial charge in [0.25, 0.3) is 0 Å². The molecule has 0 saturated carbocycles. The van der Waals surface area contributed by atoms with Crippen molar-refractivity contribution in [2.24, 2.45) is 0 Å². The number of hydrogen-bond donors (Lipinski definition) is 0. The van der Waals surface area contributed by atoms with Gasteiger partial charge in [-0.3, -0.25) is 0 Å². The smallest absolute Gasteiger partial charge is 0.170 e. The summed E-state index contributed by atoms with van der Waals surface area (Å²) in [6.45, 7) is 3.95. The molecule has 0 aromatic carbocycles. The van der Waals surface area contributed by atoms with Crippen molar-refractivity contribution in [2.45, 2.75) is 30.4 Å². The molecular weight excluding hydrogens is 276 g/mol. The van der Waals surface area contributed by atoms with Gasteiger partial charge in [-0.1, -0.05) is 30.3 Å². The Bertz CT molecular complexity index is 495.